The van der Waals surface area contributed by atoms with E-state index in [1.165, 1.54) is 19.2 Å². The first-order chi connectivity index (χ1) is 17.3. The molecule has 0 saturated carbocycles. The van der Waals surface area contributed by atoms with Crippen LogP contribution in [0.1, 0.15) is 48.9 Å². The number of aromatic hydroxyl groups is 1. The highest BCUT2D eigenvalue weighted by atomic mass is 16.5. The van der Waals surface area contributed by atoms with E-state index in [1.807, 2.05) is 24.3 Å². The Morgan fingerprint density at radius 1 is 1.08 bits per heavy atom. The lowest BCUT2D eigenvalue weighted by molar-refractivity contribution is -0.140. The van der Waals surface area contributed by atoms with Gasteiger partial charge in [-0.05, 0) is 35.6 Å². The molecule has 36 heavy (non-hydrogen) atoms. The third kappa shape index (κ3) is 5.24. The van der Waals surface area contributed by atoms with Crippen molar-refractivity contribution in [1.29, 1.82) is 0 Å². The fourth-order valence-electron chi connectivity index (χ4n) is 4.79. The summed E-state index contributed by atoms with van der Waals surface area (Å²) in [4.78, 5) is 30.3. The van der Waals surface area contributed by atoms with Crippen molar-refractivity contribution in [3.05, 3.63) is 64.7 Å². The van der Waals surface area contributed by atoms with Crippen LogP contribution in [-0.2, 0) is 14.3 Å². The molecule has 1 amide bonds. The summed E-state index contributed by atoms with van der Waals surface area (Å²) in [6, 6.07) is 11.5. The summed E-state index contributed by atoms with van der Waals surface area (Å²) >= 11 is 0. The minimum atomic E-state index is -0.757. The molecule has 0 aliphatic carbocycles. The Labute approximate surface area is 211 Å². The molecule has 2 fully saturated rings. The lowest BCUT2D eigenvalue weighted by atomic mass is 9.93. The van der Waals surface area contributed by atoms with Gasteiger partial charge in [0.15, 0.2) is 0 Å². The summed E-state index contributed by atoms with van der Waals surface area (Å²) in [6.07, 6.45) is 0.682. The lowest BCUT2D eigenvalue weighted by Crippen LogP contribution is -2.38. The molecule has 2 aromatic rings. The standard InChI is InChI=1S/C28H34N2O6/c1-18(2)19-5-7-20(8-6-19)25-24(26(32)22-10-9-21(35-3)17-23(22)31)27(33)28(34)30(25)12-4-11-29-13-15-36-16-14-29/h5-10,17-18,25,31-32H,4,11-16H2,1-3H3/t25-/m1/s1. The number of ether oxygens (including phenoxy) is 2. The molecule has 2 aromatic carbocycles. The van der Waals surface area contributed by atoms with Crippen LogP contribution in [-0.4, -0.2) is 78.2 Å². The molecular weight excluding hydrogens is 460 g/mol. The normalized spacial score (nSPS) is 20.3. The minimum Gasteiger partial charge on any atom is -0.507 e. The molecule has 192 valence electrons. The number of carbonyl (C=O) groups is 2. The Kier molecular flexibility index (Phi) is 7.96. The van der Waals surface area contributed by atoms with Crippen molar-refractivity contribution in [2.75, 3.05) is 46.5 Å². The van der Waals surface area contributed by atoms with Crippen LogP contribution < -0.4 is 4.74 Å². The lowest BCUT2D eigenvalue weighted by Gasteiger charge is -2.29. The highest BCUT2D eigenvalue weighted by molar-refractivity contribution is 6.46. The Bertz CT molecular complexity index is 1140. The van der Waals surface area contributed by atoms with Gasteiger partial charge < -0.3 is 24.6 Å². The molecule has 8 nitrogen and oxygen atoms in total. The zero-order valence-electron chi connectivity index (χ0n) is 21.1. The number of phenols is 1. The zero-order chi connectivity index (χ0) is 25.8. The van der Waals surface area contributed by atoms with Crippen LogP contribution >= 0.6 is 0 Å². The number of Topliss-reactive ketones (excluding diaryl/α,β-unsaturated/α-hetero) is 1. The molecule has 0 spiro atoms. The molecule has 0 unspecified atom stereocenters. The topological polar surface area (TPSA) is 99.5 Å². The second-order valence-corrected chi connectivity index (χ2v) is 9.50. The highest BCUT2D eigenvalue weighted by Crippen LogP contribution is 2.41. The third-order valence-electron chi connectivity index (χ3n) is 6.90. The number of carbonyl (C=O) groups excluding carboxylic acids is 2. The summed E-state index contributed by atoms with van der Waals surface area (Å²) in [6.45, 7) is 8.41. The van der Waals surface area contributed by atoms with Gasteiger partial charge in [-0.25, -0.2) is 0 Å². The van der Waals surface area contributed by atoms with Crippen molar-refractivity contribution in [3.8, 4) is 11.5 Å². The van der Waals surface area contributed by atoms with E-state index in [9.17, 15) is 19.8 Å². The number of amides is 1. The molecule has 2 saturated heterocycles. The molecule has 8 heteroatoms. The van der Waals surface area contributed by atoms with E-state index in [0.717, 1.165) is 30.8 Å². The summed E-state index contributed by atoms with van der Waals surface area (Å²) in [7, 11) is 1.47. The number of methoxy groups -OCH3 is 1. The van der Waals surface area contributed by atoms with Gasteiger partial charge in [0.2, 0.25) is 0 Å². The first-order valence-electron chi connectivity index (χ1n) is 12.4. The van der Waals surface area contributed by atoms with Gasteiger partial charge in [0, 0.05) is 32.2 Å². The third-order valence-corrected chi connectivity index (χ3v) is 6.90. The van der Waals surface area contributed by atoms with Crippen LogP contribution in [0, 0.1) is 0 Å². The van der Waals surface area contributed by atoms with Crippen LogP contribution in [0.2, 0.25) is 0 Å². The summed E-state index contributed by atoms with van der Waals surface area (Å²) in [5.74, 6) is -1.30. The number of rotatable bonds is 8. The van der Waals surface area contributed by atoms with Gasteiger partial charge in [-0.3, -0.25) is 14.5 Å². The molecule has 2 aliphatic heterocycles. The summed E-state index contributed by atoms with van der Waals surface area (Å²) in [5, 5.41) is 21.7. The predicted molar refractivity (Wildman–Crippen MR) is 136 cm³/mol. The predicted octanol–water partition coefficient (Wildman–Crippen LogP) is 3.67. The fraction of sp³-hybridized carbons (Fsp3) is 0.429. The van der Waals surface area contributed by atoms with Crippen LogP contribution in [0.15, 0.2) is 48.0 Å². The number of likely N-dealkylation sites (tertiary alicyclic amines) is 1. The molecule has 4 rings (SSSR count). The Morgan fingerprint density at radius 2 is 1.78 bits per heavy atom. The number of phenolic OH excluding ortho intramolecular Hbond substituents is 1. The zero-order valence-corrected chi connectivity index (χ0v) is 21.1. The van der Waals surface area contributed by atoms with Crippen LogP contribution in [0.5, 0.6) is 11.5 Å². The Morgan fingerprint density at radius 3 is 2.39 bits per heavy atom. The number of hydrogen-bond donors (Lipinski definition) is 2. The monoisotopic (exact) mass is 494 g/mol. The highest BCUT2D eigenvalue weighted by Gasteiger charge is 2.46. The second kappa shape index (κ2) is 11.1. The summed E-state index contributed by atoms with van der Waals surface area (Å²) in [5.41, 5.74) is 1.92. The van der Waals surface area contributed by atoms with Crippen LogP contribution in [0.3, 0.4) is 0 Å². The smallest absolute Gasteiger partial charge is 0.295 e. The van der Waals surface area contributed by atoms with E-state index >= 15 is 0 Å². The van der Waals surface area contributed by atoms with Crippen molar-refractivity contribution in [1.82, 2.24) is 9.80 Å². The van der Waals surface area contributed by atoms with Crippen LogP contribution in [0.4, 0.5) is 0 Å². The van der Waals surface area contributed by atoms with Gasteiger partial charge in [0.25, 0.3) is 11.7 Å². The first-order valence-corrected chi connectivity index (χ1v) is 12.4. The number of hydrogen-bond acceptors (Lipinski definition) is 7. The molecule has 0 aromatic heterocycles. The van der Waals surface area contributed by atoms with Gasteiger partial charge in [0.1, 0.15) is 17.3 Å². The maximum Gasteiger partial charge on any atom is 0.295 e. The number of morpholine rings is 1. The SMILES string of the molecule is COc1ccc(C(O)=C2C(=O)C(=O)N(CCCN3CCOCC3)[C@@H]2c2ccc(C(C)C)cc2)c(O)c1. The van der Waals surface area contributed by atoms with E-state index in [1.54, 1.807) is 11.0 Å². The van der Waals surface area contributed by atoms with Crippen molar-refractivity contribution in [2.24, 2.45) is 0 Å². The second-order valence-electron chi connectivity index (χ2n) is 9.50. The molecule has 2 N–H and O–H groups in total. The van der Waals surface area contributed by atoms with Gasteiger partial charge in [-0.2, -0.15) is 0 Å². The number of benzene rings is 2. The van der Waals surface area contributed by atoms with Gasteiger partial charge in [-0.15, -0.1) is 0 Å². The molecule has 2 aliphatic rings. The van der Waals surface area contributed by atoms with E-state index in [4.69, 9.17) is 9.47 Å². The number of aliphatic hydroxyl groups excluding tert-OH is 1. The van der Waals surface area contributed by atoms with Crippen molar-refractivity contribution < 1.29 is 29.3 Å². The Hall–Kier alpha value is -3.36. The first kappa shape index (κ1) is 25.7. The number of aliphatic hydroxyl groups is 1. The molecule has 0 bridgehead atoms. The maximum absolute atomic E-state index is 13.2. The van der Waals surface area contributed by atoms with Gasteiger partial charge in [-0.1, -0.05) is 38.1 Å². The maximum atomic E-state index is 13.2. The summed E-state index contributed by atoms with van der Waals surface area (Å²) < 4.78 is 10.5. The van der Waals surface area contributed by atoms with Crippen molar-refractivity contribution in [3.63, 3.8) is 0 Å². The van der Waals surface area contributed by atoms with Crippen molar-refractivity contribution in [2.45, 2.75) is 32.2 Å². The average Bonchev–Trinajstić information content (AvgIpc) is 3.14. The number of ketones is 1. The Balaban J connectivity index is 1.70. The number of nitrogens with zero attached hydrogens (tertiary/aromatic N) is 2. The van der Waals surface area contributed by atoms with Gasteiger partial charge >= 0.3 is 0 Å². The molecule has 0 radical (unpaired) electrons. The average molecular weight is 495 g/mol. The van der Waals surface area contributed by atoms with E-state index in [-0.39, 0.29) is 16.9 Å². The quantitative estimate of drug-likeness (QED) is 0.328. The van der Waals surface area contributed by atoms with Crippen LogP contribution in [0.25, 0.3) is 5.76 Å². The van der Waals surface area contributed by atoms with E-state index in [0.29, 0.717) is 37.8 Å². The van der Waals surface area contributed by atoms with E-state index in [2.05, 4.69) is 18.7 Å². The molecular formula is C28H34N2O6. The van der Waals surface area contributed by atoms with Gasteiger partial charge in [0.05, 0.1) is 37.5 Å². The molecule has 1 atom stereocenters. The minimum absolute atomic E-state index is 0.0239. The van der Waals surface area contributed by atoms with E-state index < -0.39 is 23.5 Å². The fourth-order valence-corrected chi connectivity index (χ4v) is 4.79. The van der Waals surface area contributed by atoms with Crippen molar-refractivity contribution >= 4 is 17.4 Å². The molecule has 2 heterocycles. The largest absolute Gasteiger partial charge is 0.507 e.